The molecule has 128 valence electrons. The number of benzene rings is 1. The third-order valence-corrected chi connectivity index (χ3v) is 6.30. The van der Waals surface area contributed by atoms with E-state index < -0.39 is 10.0 Å². The van der Waals surface area contributed by atoms with Crippen LogP contribution in [0, 0.1) is 0 Å². The van der Waals surface area contributed by atoms with Crippen molar-refractivity contribution >= 4 is 15.9 Å². The summed E-state index contributed by atoms with van der Waals surface area (Å²) in [5.41, 5.74) is 2.37. The molecule has 0 heterocycles. The summed E-state index contributed by atoms with van der Waals surface area (Å²) in [7, 11) is -2.16. The Kier molecular flexibility index (Phi) is 5.81. The van der Waals surface area contributed by atoms with Crippen molar-refractivity contribution in [1.29, 1.82) is 0 Å². The van der Waals surface area contributed by atoms with Gasteiger partial charge in [-0.15, -0.1) is 0 Å². The minimum atomic E-state index is -3.63. The zero-order valence-corrected chi connectivity index (χ0v) is 15.0. The van der Waals surface area contributed by atoms with Crippen molar-refractivity contribution in [2.75, 3.05) is 26.7 Å². The number of nitrogens with zero attached hydrogens (tertiary/aromatic N) is 2. The third kappa shape index (κ3) is 3.93. The molecule has 1 amide bonds. The monoisotopic (exact) mass is 338 g/mol. The van der Waals surface area contributed by atoms with Gasteiger partial charge < -0.3 is 4.90 Å². The summed E-state index contributed by atoms with van der Waals surface area (Å²) >= 11 is 0. The maximum Gasteiger partial charge on any atom is 0.243 e. The molecule has 1 aromatic rings. The summed E-state index contributed by atoms with van der Waals surface area (Å²) < 4.78 is 26.6. The van der Waals surface area contributed by atoms with Gasteiger partial charge in [0.1, 0.15) is 0 Å². The van der Waals surface area contributed by atoms with Gasteiger partial charge in [0.15, 0.2) is 0 Å². The van der Waals surface area contributed by atoms with Gasteiger partial charge >= 0.3 is 0 Å². The van der Waals surface area contributed by atoms with Gasteiger partial charge in [0.25, 0.3) is 0 Å². The molecule has 0 unspecified atom stereocenters. The summed E-state index contributed by atoms with van der Waals surface area (Å²) in [6.07, 6.45) is 4.22. The first kappa shape index (κ1) is 17.9. The Morgan fingerprint density at radius 3 is 2.30 bits per heavy atom. The molecule has 2 rings (SSSR count). The van der Waals surface area contributed by atoms with Crippen LogP contribution in [0.2, 0.25) is 0 Å². The van der Waals surface area contributed by atoms with Crippen LogP contribution >= 0.6 is 0 Å². The second kappa shape index (κ2) is 7.45. The highest BCUT2D eigenvalue weighted by molar-refractivity contribution is 7.89. The molecule has 0 saturated carbocycles. The highest BCUT2D eigenvalue weighted by Gasteiger charge is 2.25. The van der Waals surface area contributed by atoms with Crippen molar-refractivity contribution < 1.29 is 13.2 Å². The Labute approximate surface area is 139 Å². The Morgan fingerprint density at radius 2 is 1.70 bits per heavy atom. The Balaban J connectivity index is 2.19. The van der Waals surface area contributed by atoms with E-state index in [0.717, 1.165) is 35.6 Å². The van der Waals surface area contributed by atoms with Crippen molar-refractivity contribution in [3.8, 4) is 0 Å². The predicted molar refractivity (Wildman–Crippen MR) is 90.8 cm³/mol. The summed E-state index contributed by atoms with van der Waals surface area (Å²) in [5.74, 6) is -0.168. The number of rotatable bonds is 6. The molecule has 1 aromatic carbocycles. The van der Waals surface area contributed by atoms with E-state index in [4.69, 9.17) is 0 Å². The summed E-state index contributed by atoms with van der Waals surface area (Å²) in [6.45, 7) is 4.82. The molecule has 0 bridgehead atoms. The first-order chi connectivity index (χ1) is 10.9. The molecule has 0 N–H and O–H groups in total. The van der Waals surface area contributed by atoms with Crippen LogP contribution in [0.5, 0.6) is 0 Å². The van der Waals surface area contributed by atoms with E-state index in [-0.39, 0.29) is 17.3 Å². The second-order valence-electron chi connectivity index (χ2n) is 5.96. The maximum absolute atomic E-state index is 12.7. The van der Waals surface area contributed by atoms with Crippen molar-refractivity contribution in [3.63, 3.8) is 0 Å². The molecule has 0 atom stereocenters. The van der Waals surface area contributed by atoms with Crippen LogP contribution in [-0.4, -0.2) is 50.2 Å². The number of hydrogen-bond donors (Lipinski definition) is 0. The predicted octanol–water partition coefficient (Wildman–Crippen LogP) is 2.05. The molecule has 0 fully saturated rings. The highest BCUT2D eigenvalue weighted by atomic mass is 32.2. The number of carbonyl (C=O) groups excluding carboxylic acids is 1. The van der Waals surface area contributed by atoms with Gasteiger partial charge in [0, 0.05) is 20.1 Å². The molecular weight excluding hydrogens is 312 g/mol. The number of amides is 1. The lowest BCUT2D eigenvalue weighted by Crippen LogP contribution is -2.41. The number of carbonyl (C=O) groups is 1. The topological polar surface area (TPSA) is 57.7 Å². The largest absolute Gasteiger partial charge is 0.342 e. The Morgan fingerprint density at radius 1 is 1.09 bits per heavy atom. The van der Waals surface area contributed by atoms with Crippen molar-refractivity contribution in [3.05, 3.63) is 29.3 Å². The quantitative estimate of drug-likeness (QED) is 0.798. The third-order valence-electron chi connectivity index (χ3n) is 4.50. The van der Waals surface area contributed by atoms with Crippen LogP contribution in [0.25, 0.3) is 0 Å². The summed E-state index contributed by atoms with van der Waals surface area (Å²) in [5, 5.41) is 0. The van der Waals surface area contributed by atoms with Crippen LogP contribution in [0.15, 0.2) is 23.1 Å². The van der Waals surface area contributed by atoms with Crippen molar-refractivity contribution in [2.45, 2.75) is 44.4 Å². The molecule has 0 spiro atoms. The Bertz CT molecular complexity index is 666. The fourth-order valence-corrected chi connectivity index (χ4v) is 4.17. The summed E-state index contributed by atoms with van der Waals surface area (Å²) in [6, 6.07) is 5.36. The first-order valence-electron chi connectivity index (χ1n) is 8.26. The van der Waals surface area contributed by atoms with Gasteiger partial charge in [-0.25, -0.2) is 8.42 Å². The molecule has 23 heavy (non-hydrogen) atoms. The van der Waals surface area contributed by atoms with Gasteiger partial charge in [-0.2, -0.15) is 4.31 Å². The number of likely N-dealkylation sites (N-methyl/N-ethyl adjacent to an activating group) is 2. The lowest BCUT2D eigenvalue weighted by Gasteiger charge is -2.23. The zero-order valence-electron chi connectivity index (χ0n) is 14.2. The molecule has 0 aromatic heterocycles. The van der Waals surface area contributed by atoms with E-state index >= 15 is 0 Å². The van der Waals surface area contributed by atoms with Crippen LogP contribution in [-0.2, 0) is 27.7 Å². The molecule has 6 heteroatoms. The minimum absolute atomic E-state index is 0.124. The van der Waals surface area contributed by atoms with Gasteiger partial charge in [0.2, 0.25) is 15.9 Å². The van der Waals surface area contributed by atoms with Gasteiger partial charge in [-0.05, 0) is 62.8 Å². The molecule has 1 aliphatic carbocycles. The number of aryl methyl sites for hydroxylation is 2. The number of fused-ring (bicyclic) bond motifs is 1. The number of hydrogen-bond acceptors (Lipinski definition) is 3. The standard InChI is InChI=1S/C17H26N2O3S/c1-4-19(5-2)17(20)13-18(3)23(21,22)16-11-10-14-8-6-7-9-15(14)12-16/h10-12H,4-9,13H2,1-3H3. The summed E-state index contributed by atoms with van der Waals surface area (Å²) in [4.78, 5) is 14.1. The minimum Gasteiger partial charge on any atom is -0.342 e. The molecule has 1 aliphatic rings. The average molecular weight is 338 g/mol. The van der Waals surface area contributed by atoms with Gasteiger partial charge in [0.05, 0.1) is 11.4 Å². The zero-order chi connectivity index (χ0) is 17.0. The van der Waals surface area contributed by atoms with Crippen molar-refractivity contribution in [1.82, 2.24) is 9.21 Å². The van der Waals surface area contributed by atoms with Gasteiger partial charge in [-0.3, -0.25) is 4.79 Å². The molecule has 0 aliphatic heterocycles. The highest BCUT2D eigenvalue weighted by Crippen LogP contribution is 2.25. The lowest BCUT2D eigenvalue weighted by molar-refractivity contribution is -0.130. The number of sulfonamides is 1. The van der Waals surface area contributed by atoms with E-state index in [0.29, 0.717) is 13.1 Å². The first-order valence-corrected chi connectivity index (χ1v) is 9.70. The van der Waals surface area contributed by atoms with E-state index in [1.165, 1.54) is 12.6 Å². The van der Waals surface area contributed by atoms with Crippen LogP contribution in [0.1, 0.15) is 37.8 Å². The SMILES string of the molecule is CCN(CC)C(=O)CN(C)S(=O)(=O)c1ccc2c(c1)CCCC2. The molecule has 5 nitrogen and oxygen atoms in total. The van der Waals surface area contributed by atoms with E-state index in [9.17, 15) is 13.2 Å². The van der Waals surface area contributed by atoms with E-state index in [1.54, 1.807) is 17.0 Å². The van der Waals surface area contributed by atoms with E-state index in [1.807, 2.05) is 19.9 Å². The smallest absolute Gasteiger partial charge is 0.243 e. The molecule has 0 radical (unpaired) electrons. The van der Waals surface area contributed by atoms with Crippen LogP contribution < -0.4 is 0 Å². The second-order valence-corrected chi connectivity index (χ2v) is 8.01. The fraction of sp³-hybridized carbons (Fsp3) is 0.588. The van der Waals surface area contributed by atoms with Crippen molar-refractivity contribution in [2.24, 2.45) is 0 Å². The molecular formula is C17H26N2O3S. The van der Waals surface area contributed by atoms with Crippen LogP contribution in [0.4, 0.5) is 0 Å². The lowest BCUT2D eigenvalue weighted by atomic mass is 9.92. The van der Waals surface area contributed by atoms with E-state index in [2.05, 4.69) is 0 Å². The molecule has 0 saturated heterocycles. The maximum atomic E-state index is 12.7. The fourth-order valence-electron chi connectivity index (χ4n) is 3.00. The van der Waals surface area contributed by atoms with Crippen LogP contribution in [0.3, 0.4) is 0 Å². The van der Waals surface area contributed by atoms with Gasteiger partial charge in [-0.1, -0.05) is 6.07 Å². The average Bonchev–Trinajstić information content (AvgIpc) is 2.55. The normalized spacial score (nSPS) is 14.6. The Hall–Kier alpha value is -1.40.